The summed E-state index contributed by atoms with van der Waals surface area (Å²) in [5.41, 5.74) is 1.92. The third-order valence-corrected chi connectivity index (χ3v) is 4.23. The fraction of sp³-hybridized carbons (Fsp3) is 0.562. The molecule has 3 rings (SSSR count). The van der Waals surface area contributed by atoms with E-state index in [9.17, 15) is 9.90 Å². The first-order chi connectivity index (χ1) is 10.3. The molecular formula is C16H22N2O3. The van der Waals surface area contributed by atoms with Crippen LogP contribution in [0, 0.1) is 0 Å². The van der Waals surface area contributed by atoms with Gasteiger partial charge in [-0.1, -0.05) is 18.2 Å². The summed E-state index contributed by atoms with van der Waals surface area (Å²) >= 11 is 0. The van der Waals surface area contributed by atoms with Gasteiger partial charge in [0.1, 0.15) is 0 Å². The zero-order chi connectivity index (χ0) is 14.7. The van der Waals surface area contributed by atoms with Crippen LogP contribution in [-0.2, 0) is 9.53 Å². The summed E-state index contributed by atoms with van der Waals surface area (Å²) < 4.78 is 5.29. The molecule has 0 spiro atoms. The van der Waals surface area contributed by atoms with Crippen molar-refractivity contribution in [1.82, 2.24) is 4.90 Å². The number of aliphatic hydroxyl groups excluding tert-OH is 1. The van der Waals surface area contributed by atoms with Crippen LogP contribution in [0.2, 0.25) is 0 Å². The van der Waals surface area contributed by atoms with E-state index in [0.29, 0.717) is 32.8 Å². The maximum atomic E-state index is 12.4. The van der Waals surface area contributed by atoms with Gasteiger partial charge in [0.15, 0.2) is 0 Å². The summed E-state index contributed by atoms with van der Waals surface area (Å²) in [5, 5.41) is 10.2. The largest absolute Gasteiger partial charge is 0.388 e. The average Bonchev–Trinajstić information content (AvgIpc) is 2.69. The Morgan fingerprint density at radius 1 is 1.24 bits per heavy atom. The molecule has 0 aromatic heterocycles. The van der Waals surface area contributed by atoms with E-state index in [-0.39, 0.29) is 5.91 Å². The molecule has 2 aliphatic rings. The Balaban J connectivity index is 1.75. The lowest BCUT2D eigenvalue weighted by Crippen LogP contribution is -2.46. The number of ether oxygens (including phenoxy) is 1. The smallest absolute Gasteiger partial charge is 0.242 e. The molecule has 114 valence electrons. The molecule has 2 heterocycles. The van der Waals surface area contributed by atoms with Crippen molar-refractivity contribution in [2.45, 2.75) is 18.9 Å². The number of benzene rings is 1. The number of aliphatic hydroxyl groups is 1. The van der Waals surface area contributed by atoms with E-state index in [4.69, 9.17) is 4.74 Å². The summed E-state index contributed by atoms with van der Waals surface area (Å²) in [7, 11) is 0. The number of fused-ring (bicyclic) bond motifs is 1. The van der Waals surface area contributed by atoms with Gasteiger partial charge < -0.3 is 19.6 Å². The maximum absolute atomic E-state index is 12.4. The van der Waals surface area contributed by atoms with Gasteiger partial charge in [-0.25, -0.2) is 0 Å². The second-order valence-electron chi connectivity index (χ2n) is 5.63. The summed E-state index contributed by atoms with van der Waals surface area (Å²) in [6.45, 7) is 3.80. The first-order valence-corrected chi connectivity index (χ1v) is 7.63. The maximum Gasteiger partial charge on any atom is 0.242 e. The standard InChI is InChI=1S/C16H22N2O3/c19-15-6-3-7-18(14-5-2-1-4-13(14)15)12-16(20)17-8-10-21-11-9-17/h1-2,4-5,15,19H,3,6-12H2. The van der Waals surface area contributed by atoms with Crippen LogP contribution >= 0.6 is 0 Å². The van der Waals surface area contributed by atoms with Gasteiger partial charge in [0.05, 0.1) is 25.9 Å². The van der Waals surface area contributed by atoms with Crippen molar-refractivity contribution in [1.29, 1.82) is 0 Å². The molecule has 1 atom stereocenters. The Bertz CT molecular complexity index is 500. The van der Waals surface area contributed by atoms with Gasteiger partial charge in [-0.05, 0) is 18.9 Å². The van der Waals surface area contributed by atoms with Crippen LogP contribution in [0.15, 0.2) is 24.3 Å². The fourth-order valence-electron chi connectivity index (χ4n) is 3.05. The van der Waals surface area contributed by atoms with E-state index in [2.05, 4.69) is 4.90 Å². The van der Waals surface area contributed by atoms with Crippen LogP contribution in [0.25, 0.3) is 0 Å². The van der Waals surface area contributed by atoms with Crippen LogP contribution in [0.4, 0.5) is 5.69 Å². The highest BCUT2D eigenvalue weighted by atomic mass is 16.5. The molecular weight excluding hydrogens is 268 g/mol. The van der Waals surface area contributed by atoms with E-state index < -0.39 is 6.10 Å². The fourth-order valence-corrected chi connectivity index (χ4v) is 3.05. The van der Waals surface area contributed by atoms with E-state index in [1.54, 1.807) is 0 Å². The Labute approximate surface area is 125 Å². The zero-order valence-corrected chi connectivity index (χ0v) is 12.2. The molecule has 0 bridgehead atoms. The topological polar surface area (TPSA) is 53.0 Å². The van der Waals surface area contributed by atoms with Gasteiger partial charge in [0.2, 0.25) is 5.91 Å². The minimum atomic E-state index is -0.426. The zero-order valence-electron chi connectivity index (χ0n) is 12.2. The molecule has 2 aliphatic heterocycles. The van der Waals surface area contributed by atoms with Crippen molar-refractivity contribution >= 4 is 11.6 Å². The summed E-state index contributed by atoms with van der Waals surface area (Å²) in [4.78, 5) is 16.4. The quantitative estimate of drug-likeness (QED) is 0.888. The lowest BCUT2D eigenvalue weighted by molar-refractivity contribution is -0.133. The van der Waals surface area contributed by atoms with Gasteiger partial charge in [0.25, 0.3) is 0 Å². The van der Waals surface area contributed by atoms with Crippen LogP contribution in [0.1, 0.15) is 24.5 Å². The van der Waals surface area contributed by atoms with Gasteiger partial charge in [-0.2, -0.15) is 0 Å². The van der Waals surface area contributed by atoms with Crippen LogP contribution in [0.5, 0.6) is 0 Å². The minimum absolute atomic E-state index is 0.143. The van der Waals surface area contributed by atoms with E-state index >= 15 is 0 Å². The number of anilines is 1. The molecule has 1 aromatic rings. The molecule has 1 fully saturated rings. The molecule has 1 aromatic carbocycles. The number of carbonyl (C=O) groups is 1. The summed E-state index contributed by atoms with van der Waals surface area (Å²) in [6, 6.07) is 7.85. The van der Waals surface area contributed by atoms with Crippen LogP contribution < -0.4 is 4.90 Å². The lowest BCUT2D eigenvalue weighted by Gasteiger charge is -2.31. The Morgan fingerprint density at radius 2 is 2.00 bits per heavy atom. The molecule has 0 saturated carbocycles. The predicted molar refractivity (Wildman–Crippen MR) is 80.2 cm³/mol. The number of para-hydroxylation sites is 1. The average molecular weight is 290 g/mol. The molecule has 1 N–H and O–H groups in total. The molecule has 1 saturated heterocycles. The van der Waals surface area contributed by atoms with E-state index in [1.165, 1.54) is 0 Å². The first-order valence-electron chi connectivity index (χ1n) is 7.63. The van der Waals surface area contributed by atoms with Crippen molar-refractivity contribution in [2.24, 2.45) is 0 Å². The number of amides is 1. The summed E-state index contributed by atoms with van der Waals surface area (Å²) in [5.74, 6) is 0.143. The highest BCUT2D eigenvalue weighted by Crippen LogP contribution is 2.32. The van der Waals surface area contributed by atoms with Crippen LogP contribution in [0.3, 0.4) is 0 Å². The number of nitrogens with zero attached hydrogens (tertiary/aromatic N) is 2. The molecule has 0 radical (unpaired) electrons. The molecule has 1 amide bonds. The minimum Gasteiger partial charge on any atom is -0.388 e. The van der Waals surface area contributed by atoms with Crippen molar-refractivity contribution in [3.8, 4) is 0 Å². The monoisotopic (exact) mass is 290 g/mol. The predicted octanol–water partition coefficient (Wildman–Crippen LogP) is 1.18. The molecule has 1 unspecified atom stereocenters. The van der Waals surface area contributed by atoms with Gasteiger partial charge >= 0.3 is 0 Å². The van der Waals surface area contributed by atoms with Crippen LogP contribution in [-0.4, -0.2) is 55.3 Å². The number of hydrogen-bond acceptors (Lipinski definition) is 4. The Kier molecular flexibility index (Phi) is 4.41. The number of rotatable bonds is 2. The number of morpholine rings is 1. The third-order valence-electron chi connectivity index (χ3n) is 4.23. The van der Waals surface area contributed by atoms with Crippen molar-refractivity contribution in [3.63, 3.8) is 0 Å². The second-order valence-corrected chi connectivity index (χ2v) is 5.63. The molecule has 0 aliphatic carbocycles. The van der Waals surface area contributed by atoms with E-state index in [0.717, 1.165) is 30.6 Å². The van der Waals surface area contributed by atoms with Crippen molar-refractivity contribution < 1.29 is 14.6 Å². The summed E-state index contributed by atoms with van der Waals surface area (Å²) in [6.07, 6.45) is 1.22. The Morgan fingerprint density at radius 3 is 2.81 bits per heavy atom. The molecule has 21 heavy (non-hydrogen) atoms. The molecule has 5 heteroatoms. The van der Waals surface area contributed by atoms with E-state index in [1.807, 2.05) is 29.2 Å². The van der Waals surface area contributed by atoms with Gasteiger partial charge in [-0.15, -0.1) is 0 Å². The van der Waals surface area contributed by atoms with Gasteiger partial charge in [-0.3, -0.25) is 4.79 Å². The van der Waals surface area contributed by atoms with Gasteiger partial charge in [0, 0.05) is 30.9 Å². The highest BCUT2D eigenvalue weighted by molar-refractivity contribution is 5.82. The number of carbonyl (C=O) groups excluding carboxylic acids is 1. The highest BCUT2D eigenvalue weighted by Gasteiger charge is 2.24. The third kappa shape index (κ3) is 3.19. The number of hydrogen-bond donors (Lipinski definition) is 1. The second kappa shape index (κ2) is 6.45. The SMILES string of the molecule is O=C(CN1CCCC(O)c2ccccc21)N1CCOCC1. The van der Waals surface area contributed by atoms with Crippen molar-refractivity contribution in [3.05, 3.63) is 29.8 Å². The van der Waals surface area contributed by atoms with Crippen molar-refractivity contribution in [2.75, 3.05) is 44.3 Å². The Hall–Kier alpha value is -1.59. The lowest BCUT2D eigenvalue weighted by atomic mass is 10.0. The normalized spacial score (nSPS) is 22.6. The molecule has 5 nitrogen and oxygen atoms in total. The first kappa shape index (κ1) is 14.4.